The Bertz CT molecular complexity index is 2390. The number of nitrogens with zero attached hydrogens (tertiary/aromatic N) is 4. The molecule has 4 amide bonds. The summed E-state index contributed by atoms with van der Waals surface area (Å²) in [6, 6.07) is 15.4. The van der Waals surface area contributed by atoms with E-state index in [0.29, 0.717) is 18.9 Å². The highest BCUT2D eigenvalue weighted by molar-refractivity contribution is 7.10. The van der Waals surface area contributed by atoms with Crippen LogP contribution in [0, 0.1) is 23.2 Å². The molecule has 300 valence electrons. The Morgan fingerprint density at radius 1 is 0.897 bits per heavy atom. The summed E-state index contributed by atoms with van der Waals surface area (Å²) in [6.45, 7) is 5.03. The molecule has 1 saturated carbocycles. The largest absolute Gasteiger partial charge is 0.453 e. The van der Waals surface area contributed by atoms with Gasteiger partial charge in [-0.15, -0.1) is 11.3 Å². The molecule has 4 atom stereocenters. The first-order chi connectivity index (χ1) is 28.0. The third-order valence-corrected chi connectivity index (χ3v) is 12.4. The van der Waals surface area contributed by atoms with Gasteiger partial charge in [0.1, 0.15) is 23.7 Å². The molecule has 5 heterocycles. The first kappa shape index (κ1) is 38.7. The van der Waals surface area contributed by atoms with Gasteiger partial charge in [0.05, 0.1) is 49.2 Å². The van der Waals surface area contributed by atoms with E-state index >= 15 is 0 Å². The van der Waals surface area contributed by atoms with Gasteiger partial charge in [0.2, 0.25) is 5.91 Å². The number of carbonyl (C=O) groups is 4. The van der Waals surface area contributed by atoms with Crippen molar-refractivity contribution >= 4 is 46.4 Å². The number of ether oxygens (including phenoxy) is 2. The predicted molar refractivity (Wildman–Crippen MR) is 217 cm³/mol. The number of methoxy groups -OCH3 is 2. The van der Waals surface area contributed by atoms with Crippen molar-refractivity contribution in [2.45, 2.75) is 70.1 Å². The highest BCUT2D eigenvalue weighted by atomic mass is 32.1. The third-order valence-electron chi connectivity index (χ3n) is 11.5. The number of rotatable bonds is 9. The normalized spacial score (nSPS) is 19.1. The summed E-state index contributed by atoms with van der Waals surface area (Å²) in [5, 5.41) is 7.31. The average Bonchev–Trinajstić information content (AvgIpc) is 3.91. The lowest BCUT2D eigenvalue weighted by molar-refractivity contribution is -0.136. The van der Waals surface area contributed by atoms with Crippen molar-refractivity contribution in [3.63, 3.8) is 0 Å². The molecular formula is C43H46N8O6S. The number of likely N-dealkylation sites (tertiary alicyclic amines) is 2. The first-order valence-electron chi connectivity index (χ1n) is 19.5. The molecule has 3 fully saturated rings. The smallest absolute Gasteiger partial charge is 0.407 e. The Balaban J connectivity index is 0.947. The van der Waals surface area contributed by atoms with Crippen LogP contribution in [0.4, 0.5) is 9.59 Å². The van der Waals surface area contributed by atoms with Gasteiger partial charge in [-0.2, -0.15) is 0 Å². The molecule has 1 aliphatic carbocycles. The van der Waals surface area contributed by atoms with Crippen LogP contribution >= 0.6 is 11.3 Å². The number of carbonyl (C=O) groups excluding carboxylic acids is 4. The number of alkyl carbamates (subject to hydrolysis) is 2. The van der Waals surface area contributed by atoms with E-state index in [1.807, 2.05) is 78.7 Å². The van der Waals surface area contributed by atoms with Crippen LogP contribution in [0.1, 0.15) is 91.7 Å². The lowest BCUT2D eigenvalue weighted by Gasteiger charge is -2.30. The van der Waals surface area contributed by atoms with E-state index in [1.54, 1.807) is 11.1 Å². The van der Waals surface area contributed by atoms with Crippen LogP contribution in [-0.4, -0.2) is 87.1 Å². The zero-order valence-electron chi connectivity index (χ0n) is 32.8. The number of aromatic nitrogens is 4. The van der Waals surface area contributed by atoms with Crippen molar-refractivity contribution in [2.75, 3.05) is 27.3 Å². The number of aromatic amines is 2. The molecule has 4 N–H and O–H groups in total. The second-order valence-corrected chi connectivity index (χ2v) is 16.7. The second-order valence-electron chi connectivity index (χ2n) is 15.7. The average molecular weight is 803 g/mol. The van der Waals surface area contributed by atoms with Crippen LogP contribution in [0.5, 0.6) is 0 Å². The standard InChI is InChI=1S/C43H46N8O6S/c1-25(2)35(48-41(54)56-3)39(52)51-24-43(17-18-43)22-33(51)38-45-29-16-13-27(21-30(29)46-38)10-9-26-11-14-28(15-12-26)31-23-44-37(47-31)32-7-5-19-50(32)40(53)36(49-42(55)57-4)34-8-6-20-58-34/h6,8,11-16,20-21,23,25,32-33,35-36H,5,7,17-19,22,24H2,1-4H3,(H,44,47)(H,45,46)(H,48,54)(H,49,55)/t32-,33-,35-,36+/m0/s1. The molecule has 3 aliphatic rings. The number of amides is 4. The fraction of sp³-hybridized carbons (Fsp3) is 0.395. The number of imidazole rings is 2. The fourth-order valence-electron chi connectivity index (χ4n) is 8.11. The van der Waals surface area contributed by atoms with Crippen molar-refractivity contribution in [1.82, 2.24) is 40.4 Å². The number of thiophene rings is 1. The summed E-state index contributed by atoms with van der Waals surface area (Å²) >= 11 is 1.41. The molecular weight excluding hydrogens is 757 g/mol. The van der Waals surface area contributed by atoms with Gasteiger partial charge in [0.15, 0.2) is 0 Å². The highest BCUT2D eigenvalue weighted by Crippen LogP contribution is 2.58. The summed E-state index contributed by atoms with van der Waals surface area (Å²) < 4.78 is 9.61. The highest BCUT2D eigenvalue weighted by Gasteiger charge is 2.55. The van der Waals surface area contributed by atoms with Crippen molar-refractivity contribution < 1.29 is 28.7 Å². The molecule has 58 heavy (non-hydrogen) atoms. The minimum atomic E-state index is -0.841. The van der Waals surface area contributed by atoms with Crippen LogP contribution in [-0.2, 0) is 19.1 Å². The van der Waals surface area contributed by atoms with E-state index in [4.69, 9.17) is 14.5 Å². The molecule has 14 nitrogen and oxygen atoms in total. The van der Waals surface area contributed by atoms with Crippen LogP contribution in [0.3, 0.4) is 0 Å². The Kier molecular flexibility index (Phi) is 10.7. The molecule has 3 aromatic heterocycles. The van der Waals surface area contributed by atoms with Crippen LogP contribution in [0.2, 0.25) is 0 Å². The zero-order chi connectivity index (χ0) is 40.6. The molecule has 0 unspecified atom stereocenters. The lowest BCUT2D eigenvalue weighted by atomic mass is 10.0. The van der Waals surface area contributed by atoms with Crippen LogP contribution in [0.15, 0.2) is 66.2 Å². The molecule has 8 rings (SSSR count). The van der Waals surface area contributed by atoms with E-state index in [2.05, 4.69) is 37.4 Å². The number of fused-ring (bicyclic) bond motifs is 1. The minimum absolute atomic E-state index is 0.107. The molecule has 1 spiro atoms. The minimum Gasteiger partial charge on any atom is -0.453 e. The van der Waals surface area contributed by atoms with Crippen molar-refractivity contribution in [1.29, 1.82) is 0 Å². The van der Waals surface area contributed by atoms with E-state index in [-0.39, 0.29) is 35.2 Å². The molecule has 15 heteroatoms. The van der Waals surface area contributed by atoms with Gasteiger partial charge in [-0.3, -0.25) is 9.59 Å². The van der Waals surface area contributed by atoms with Crippen LogP contribution in [0.25, 0.3) is 22.3 Å². The maximum Gasteiger partial charge on any atom is 0.407 e. The molecule has 5 aromatic rings. The lowest BCUT2D eigenvalue weighted by Crippen LogP contribution is -2.51. The molecule has 2 saturated heterocycles. The van der Waals surface area contributed by atoms with Gasteiger partial charge in [-0.25, -0.2) is 19.6 Å². The Morgan fingerprint density at radius 2 is 1.64 bits per heavy atom. The van der Waals surface area contributed by atoms with E-state index in [1.165, 1.54) is 25.6 Å². The van der Waals surface area contributed by atoms with Crippen LogP contribution < -0.4 is 10.6 Å². The van der Waals surface area contributed by atoms with Gasteiger partial charge >= 0.3 is 12.2 Å². The summed E-state index contributed by atoms with van der Waals surface area (Å²) in [5.41, 5.74) is 5.17. The van der Waals surface area contributed by atoms with E-state index < -0.39 is 24.3 Å². The maximum absolute atomic E-state index is 13.9. The van der Waals surface area contributed by atoms with Gasteiger partial charge in [0.25, 0.3) is 5.91 Å². The number of benzene rings is 2. The zero-order valence-corrected chi connectivity index (χ0v) is 33.7. The third kappa shape index (κ3) is 7.89. The number of hydrogen-bond acceptors (Lipinski definition) is 9. The summed E-state index contributed by atoms with van der Waals surface area (Å²) in [5.74, 6) is 7.54. The Hall–Kier alpha value is -6.14. The molecule has 2 aromatic carbocycles. The van der Waals surface area contributed by atoms with Crippen molar-refractivity contribution in [2.24, 2.45) is 11.3 Å². The summed E-state index contributed by atoms with van der Waals surface area (Å²) in [6.07, 6.45) is 5.05. The van der Waals surface area contributed by atoms with E-state index in [9.17, 15) is 19.2 Å². The Morgan fingerprint density at radius 3 is 2.34 bits per heavy atom. The number of H-pyrrole nitrogens is 2. The van der Waals surface area contributed by atoms with Crippen molar-refractivity contribution in [3.8, 4) is 23.1 Å². The van der Waals surface area contributed by atoms with Gasteiger partial charge in [-0.05, 0) is 90.8 Å². The predicted octanol–water partition coefficient (Wildman–Crippen LogP) is 6.61. The Labute approximate surface area is 340 Å². The topological polar surface area (TPSA) is 175 Å². The monoisotopic (exact) mass is 802 g/mol. The van der Waals surface area contributed by atoms with E-state index in [0.717, 1.165) is 76.2 Å². The SMILES string of the molecule is COC(=O)N[C@H](C(=O)N1CC2(CC2)C[C@H]1c1nc2ccc(C#Cc3ccc(-c4cnc([C@@H]5CCCN5C(=O)[C@H](NC(=O)OC)c5cccs5)[nH]4)cc3)cc2[nH]1)C(C)C. The molecule has 0 bridgehead atoms. The second kappa shape index (κ2) is 16.0. The molecule has 2 aliphatic heterocycles. The fourth-order valence-corrected chi connectivity index (χ4v) is 8.88. The van der Waals surface area contributed by atoms with Gasteiger partial charge < -0.3 is 39.9 Å². The van der Waals surface area contributed by atoms with Gasteiger partial charge in [0, 0.05) is 29.1 Å². The first-order valence-corrected chi connectivity index (χ1v) is 20.4. The van der Waals surface area contributed by atoms with Crippen molar-refractivity contribution in [3.05, 3.63) is 93.8 Å². The van der Waals surface area contributed by atoms with Gasteiger partial charge in [-0.1, -0.05) is 43.9 Å². The summed E-state index contributed by atoms with van der Waals surface area (Å²) in [7, 11) is 2.58. The molecule has 0 radical (unpaired) electrons. The number of hydrogen-bond donors (Lipinski definition) is 4. The number of nitrogens with one attached hydrogen (secondary N) is 4. The summed E-state index contributed by atoms with van der Waals surface area (Å²) in [4.78, 5) is 72.8. The quantitative estimate of drug-likeness (QED) is 0.121. The maximum atomic E-state index is 13.9.